The number of aromatic nitrogens is 1. The zero-order valence-corrected chi connectivity index (χ0v) is 12.6. The van der Waals surface area contributed by atoms with E-state index in [-0.39, 0.29) is 12.4 Å². The fourth-order valence-electron chi connectivity index (χ4n) is 3.09. The van der Waals surface area contributed by atoms with Crippen LogP contribution in [0.2, 0.25) is 0 Å². The largest absolute Gasteiger partial charge is 0.483 e. The Bertz CT molecular complexity index is 705. The average Bonchev–Trinajstić information content (AvgIpc) is 2.78. The molecular formula is C17H19NO4. The number of carbonyl (C=O) groups is 1. The highest BCUT2D eigenvalue weighted by atomic mass is 16.5. The summed E-state index contributed by atoms with van der Waals surface area (Å²) in [6.07, 6.45) is -1.16. The number of para-hydroxylation sites is 1. The highest BCUT2D eigenvalue weighted by Gasteiger charge is 2.35. The lowest BCUT2D eigenvalue weighted by molar-refractivity contribution is -0.0110. The summed E-state index contributed by atoms with van der Waals surface area (Å²) >= 11 is 0. The van der Waals surface area contributed by atoms with E-state index in [2.05, 4.69) is 0 Å². The normalized spacial score (nSPS) is 20.4. The Labute approximate surface area is 128 Å². The van der Waals surface area contributed by atoms with Crippen LogP contribution in [0.1, 0.15) is 28.7 Å². The topological polar surface area (TPSA) is 71.7 Å². The second kappa shape index (κ2) is 5.59. The lowest BCUT2D eigenvalue weighted by Gasteiger charge is -2.28. The van der Waals surface area contributed by atoms with E-state index >= 15 is 0 Å². The molecule has 1 aromatic heterocycles. The second-order valence-corrected chi connectivity index (χ2v) is 5.57. The lowest BCUT2D eigenvalue weighted by atomic mass is 10.0. The molecule has 1 aromatic carbocycles. The quantitative estimate of drug-likeness (QED) is 0.846. The van der Waals surface area contributed by atoms with Crippen LogP contribution in [-0.4, -0.2) is 39.4 Å². The van der Waals surface area contributed by atoms with E-state index in [1.54, 1.807) is 0 Å². The predicted molar refractivity (Wildman–Crippen MR) is 81.7 cm³/mol. The van der Waals surface area contributed by atoms with E-state index in [4.69, 9.17) is 4.74 Å². The molecule has 22 heavy (non-hydrogen) atoms. The van der Waals surface area contributed by atoms with Crippen molar-refractivity contribution < 1.29 is 19.7 Å². The predicted octanol–water partition coefficient (Wildman–Crippen LogP) is 1.65. The minimum absolute atomic E-state index is 0.0866. The molecule has 3 rings (SSSR count). The number of ether oxygens (including phenoxy) is 1. The third kappa shape index (κ3) is 2.23. The summed E-state index contributed by atoms with van der Waals surface area (Å²) < 4.78 is 7.67. The number of aliphatic hydroxyl groups excluding tert-OH is 2. The number of rotatable bonds is 3. The molecule has 5 heteroatoms. The Morgan fingerprint density at radius 3 is 2.64 bits per heavy atom. The molecule has 2 heterocycles. The van der Waals surface area contributed by atoms with E-state index in [1.807, 2.05) is 41.8 Å². The Balaban J connectivity index is 2.23. The number of carbonyl (C=O) groups excluding carboxylic acids is 1. The van der Waals surface area contributed by atoms with Gasteiger partial charge in [0.15, 0.2) is 11.5 Å². The Morgan fingerprint density at radius 2 is 2.05 bits per heavy atom. The van der Waals surface area contributed by atoms with Gasteiger partial charge in [0.25, 0.3) is 0 Å². The summed E-state index contributed by atoms with van der Waals surface area (Å²) in [5.74, 6) is 0.398. The van der Waals surface area contributed by atoms with Crippen molar-refractivity contribution in [2.75, 3.05) is 6.61 Å². The number of hydrogen-bond acceptors (Lipinski definition) is 4. The van der Waals surface area contributed by atoms with E-state index in [9.17, 15) is 15.0 Å². The van der Waals surface area contributed by atoms with Crippen LogP contribution in [0.15, 0.2) is 30.3 Å². The number of Topliss-reactive ketones (excluding diaryl/α,β-unsaturated/α-hetero) is 1. The van der Waals surface area contributed by atoms with Crippen molar-refractivity contribution in [2.24, 2.45) is 0 Å². The molecule has 2 atom stereocenters. The van der Waals surface area contributed by atoms with Crippen molar-refractivity contribution in [1.82, 2.24) is 4.57 Å². The molecule has 0 saturated carbocycles. The summed E-state index contributed by atoms with van der Waals surface area (Å²) in [5.41, 5.74) is 2.99. The van der Waals surface area contributed by atoms with Gasteiger partial charge in [0.2, 0.25) is 0 Å². The molecule has 0 amide bonds. The van der Waals surface area contributed by atoms with Crippen LogP contribution in [0, 0.1) is 6.92 Å². The zero-order chi connectivity index (χ0) is 15.9. The van der Waals surface area contributed by atoms with Crippen LogP contribution in [-0.2, 0) is 6.42 Å². The third-order valence-electron chi connectivity index (χ3n) is 4.10. The zero-order valence-electron chi connectivity index (χ0n) is 12.6. The molecule has 0 radical (unpaired) electrons. The Hall–Kier alpha value is -2.11. The van der Waals surface area contributed by atoms with Crippen molar-refractivity contribution in [3.8, 4) is 11.4 Å². The highest BCUT2D eigenvalue weighted by molar-refractivity contribution is 5.99. The van der Waals surface area contributed by atoms with Gasteiger partial charge in [-0.15, -0.1) is 0 Å². The molecule has 1 aliphatic rings. The SMILES string of the molecule is CC(=O)c1c2c(n(-c3ccccc3)c1C)C[C@H](O)[C@@H](CO)O2. The minimum atomic E-state index is -0.797. The van der Waals surface area contributed by atoms with Crippen LogP contribution in [0.5, 0.6) is 5.75 Å². The van der Waals surface area contributed by atoms with Crippen LogP contribution in [0.3, 0.4) is 0 Å². The van der Waals surface area contributed by atoms with Crippen molar-refractivity contribution in [1.29, 1.82) is 0 Å². The van der Waals surface area contributed by atoms with E-state index < -0.39 is 12.2 Å². The molecular weight excluding hydrogens is 282 g/mol. The molecule has 0 spiro atoms. The van der Waals surface area contributed by atoms with Gasteiger partial charge in [0.1, 0.15) is 6.10 Å². The number of ketones is 1. The molecule has 1 aliphatic heterocycles. The maximum absolute atomic E-state index is 12.0. The van der Waals surface area contributed by atoms with Gasteiger partial charge in [0.05, 0.1) is 24.0 Å². The van der Waals surface area contributed by atoms with E-state index in [1.165, 1.54) is 6.92 Å². The molecule has 0 aliphatic carbocycles. The van der Waals surface area contributed by atoms with Crippen LogP contribution in [0.25, 0.3) is 5.69 Å². The van der Waals surface area contributed by atoms with Crippen molar-refractivity contribution >= 4 is 5.78 Å². The standard InChI is InChI=1S/C17H19NO4/c1-10-16(11(2)20)17-13(8-14(21)15(9-19)22-17)18(10)12-6-4-3-5-7-12/h3-7,14-15,19,21H,8-9H2,1-2H3/t14-,15+/m0/s1. The number of fused-ring (bicyclic) bond motifs is 1. The van der Waals surface area contributed by atoms with Gasteiger partial charge in [-0.3, -0.25) is 4.79 Å². The van der Waals surface area contributed by atoms with Gasteiger partial charge in [-0.05, 0) is 26.0 Å². The Morgan fingerprint density at radius 1 is 1.36 bits per heavy atom. The number of aliphatic hydroxyl groups is 2. The number of nitrogens with zero attached hydrogens (tertiary/aromatic N) is 1. The van der Waals surface area contributed by atoms with Crippen molar-refractivity contribution in [2.45, 2.75) is 32.5 Å². The molecule has 0 unspecified atom stereocenters. The molecule has 5 nitrogen and oxygen atoms in total. The van der Waals surface area contributed by atoms with Gasteiger partial charge in [-0.2, -0.15) is 0 Å². The first-order valence-corrected chi connectivity index (χ1v) is 7.30. The summed E-state index contributed by atoms with van der Waals surface area (Å²) in [6, 6.07) is 9.66. The monoisotopic (exact) mass is 301 g/mol. The van der Waals surface area contributed by atoms with Gasteiger partial charge < -0.3 is 19.5 Å². The van der Waals surface area contributed by atoms with E-state index in [0.29, 0.717) is 17.7 Å². The first kappa shape index (κ1) is 14.8. The third-order valence-corrected chi connectivity index (χ3v) is 4.10. The summed E-state index contributed by atoms with van der Waals surface area (Å²) in [6.45, 7) is 3.08. The summed E-state index contributed by atoms with van der Waals surface area (Å²) in [7, 11) is 0. The van der Waals surface area contributed by atoms with Crippen LogP contribution < -0.4 is 4.74 Å². The van der Waals surface area contributed by atoms with Gasteiger partial charge >= 0.3 is 0 Å². The molecule has 0 saturated heterocycles. The average molecular weight is 301 g/mol. The first-order valence-electron chi connectivity index (χ1n) is 7.30. The van der Waals surface area contributed by atoms with Crippen LogP contribution in [0.4, 0.5) is 0 Å². The minimum Gasteiger partial charge on any atom is -0.483 e. The maximum Gasteiger partial charge on any atom is 0.165 e. The van der Waals surface area contributed by atoms with Gasteiger partial charge in [-0.1, -0.05) is 18.2 Å². The van der Waals surface area contributed by atoms with Crippen molar-refractivity contribution in [3.63, 3.8) is 0 Å². The second-order valence-electron chi connectivity index (χ2n) is 5.57. The molecule has 0 fully saturated rings. The highest BCUT2D eigenvalue weighted by Crippen LogP contribution is 2.38. The summed E-state index contributed by atoms with van der Waals surface area (Å²) in [4.78, 5) is 12.0. The van der Waals surface area contributed by atoms with Gasteiger partial charge in [0, 0.05) is 17.8 Å². The lowest BCUT2D eigenvalue weighted by Crippen LogP contribution is -2.40. The molecule has 0 bridgehead atoms. The van der Waals surface area contributed by atoms with Crippen molar-refractivity contribution in [3.05, 3.63) is 47.3 Å². The van der Waals surface area contributed by atoms with Crippen LogP contribution >= 0.6 is 0 Å². The first-order chi connectivity index (χ1) is 10.5. The maximum atomic E-state index is 12.0. The fourth-order valence-corrected chi connectivity index (χ4v) is 3.09. The molecule has 2 aromatic rings. The summed E-state index contributed by atoms with van der Waals surface area (Å²) in [5, 5.41) is 19.5. The molecule has 2 N–H and O–H groups in total. The van der Waals surface area contributed by atoms with Gasteiger partial charge in [-0.25, -0.2) is 0 Å². The smallest absolute Gasteiger partial charge is 0.165 e. The van der Waals surface area contributed by atoms with E-state index in [0.717, 1.165) is 17.1 Å². The fraction of sp³-hybridized carbons (Fsp3) is 0.353. The Kier molecular flexibility index (Phi) is 3.76. The number of benzene rings is 1. The molecule has 116 valence electrons. The number of hydrogen-bond donors (Lipinski definition) is 2.